The number of hydrogen-bond donors (Lipinski definition) is 1. The van der Waals surface area contributed by atoms with E-state index in [0.29, 0.717) is 12.5 Å². The van der Waals surface area contributed by atoms with Gasteiger partial charge in [0.05, 0.1) is 13.2 Å². The van der Waals surface area contributed by atoms with Gasteiger partial charge in [0.1, 0.15) is 5.75 Å². The molecule has 1 amide bonds. The van der Waals surface area contributed by atoms with Crippen molar-refractivity contribution in [1.29, 1.82) is 0 Å². The van der Waals surface area contributed by atoms with Crippen molar-refractivity contribution < 1.29 is 9.53 Å². The number of nitrogens with zero attached hydrogens (tertiary/aromatic N) is 2. The van der Waals surface area contributed by atoms with E-state index in [9.17, 15) is 4.79 Å². The topological polar surface area (TPSA) is 44.8 Å². The lowest BCUT2D eigenvalue weighted by atomic mass is 9.89. The van der Waals surface area contributed by atoms with Gasteiger partial charge in [-0.25, -0.2) is 0 Å². The number of piperazine rings is 1. The largest absolute Gasteiger partial charge is 0.493 e. The van der Waals surface area contributed by atoms with E-state index in [2.05, 4.69) is 33.3 Å². The van der Waals surface area contributed by atoms with Crippen LogP contribution in [0.3, 0.4) is 0 Å². The van der Waals surface area contributed by atoms with Crippen molar-refractivity contribution in [2.45, 2.75) is 45.1 Å². The monoisotopic (exact) mass is 371 g/mol. The molecule has 3 aliphatic rings. The predicted octanol–water partition coefficient (Wildman–Crippen LogP) is 2.44. The number of carbonyl (C=O) groups is 1. The zero-order valence-electron chi connectivity index (χ0n) is 16.4. The Morgan fingerprint density at radius 1 is 1.07 bits per heavy atom. The van der Waals surface area contributed by atoms with E-state index in [1.54, 1.807) is 0 Å². The molecule has 1 aromatic rings. The fraction of sp³-hybridized carbons (Fsp3) is 0.682. The van der Waals surface area contributed by atoms with Crippen LogP contribution in [-0.2, 0) is 17.8 Å². The van der Waals surface area contributed by atoms with Crippen molar-refractivity contribution in [2.75, 3.05) is 45.9 Å². The zero-order chi connectivity index (χ0) is 18.5. The van der Waals surface area contributed by atoms with Crippen molar-refractivity contribution in [3.63, 3.8) is 0 Å². The number of nitrogens with one attached hydrogen (secondary N) is 1. The molecule has 1 N–H and O–H groups in total. The summed E-state index contributed by atoms with van der Waals surface area (Å²) in [6.07, 6.45) is 7.64. The van der Waals surface area contributed by atoms with Crippen molar-refractivity contribution in [3.05, 3.63) is 29.3 Å². The normalized spacial score (nSPS) is 21.6. The molecule has 0 spiro atoms. The molecule has 1 saturated carbocycles. The maximum absolute atomic E-state index is 12.3. The van der Waals surface area contributed by atoms with Gasteiger partial charge < -0.3 is 10.1 Å². The second-order valence-corrected chi connectivity index (χ2v) is 8.40. The molecular formula is C22H33N3O2. The van der Waals surface area contributed by atoms with Gasteiger partial charge >= 0.3 is 0 Å². The highest BCUT2D eigenvalue weighted by molar-refractivity contribution is 5.78. The van der Waals surface area contributed by atoms with Crippen LogP contribution >= 0.6 is 0 Å². The Labute approximate surface area is 163 Å². The summed E-state index contributed by atoms with van der Waals surface area (Å²) in [5.74, 6) is 1.97. The van der Waals surface area contributed by atoms with Gasteiger partial charge in [0.2, 0.25) is 5.91 Å². The molecule has 1 saturated heterocycles. The van der Waals surface area contributed by atoms with Gasteiger partial charge in [-0.2, -0.15) is 0 Å². The first-order chi connectivity index (χ1) is 13.3. The summed E-state index contributed by atoms with van der Waals surface area (Å²) in [5, 5.41) is 3.17. The van der Waals surface area contributed by atoms with Crippen LogP contribution in [0.2, 0.25) is 0 Å². The highest BCUT2D eigenvalue weighted by Crippen LogP contribution is 2.26. The van der Waals surface area contributed by atoms with Crippen LogP contribution in [0.15, 0.2) is 18.2 Å². The van der Waals surface area contributed by atoms with Crippen LogP contribution in [0, 0.1) is 5.92 Å². The molecule has 1 aliphatic carbocycles. The summed E-state index contributed by atoms with van der Waals surface area (Å²) in [7, 11) is 0. The number of carbonyl (C=O) groups excluding carboxylic acids is 1. The van der Waals surface area contributed by atoms with Gasteiger partial charge in [-0.1, -0.05) is 31.4 Å². The maximum atomic E-state index is 12.3. The molecule has 5 heteroatoms. The van der Waals surface area contributed by atoms with E-state index >= 15 is 0 Å². The van der Waals surface area contributed by atoms with Crippen LogP contribution in [0.5, 0.6) is 5.75 Å². The number of rotatable bonds is 6. The quantitative estimate of drug-likeness (QED) is 0.834. The summed E-state index contributed by atoms with van der Waals surface area (Å²) in [4.78, 5) is 17.0. The Kier molecular flexibility index (Phi) is 6.30. The highest BCUT2D eigenvalue weighted by atomic mass is 16.5. The van der Waals surface area contributed by atoms with Gasteiger partial charge in [-0.05, 0) is 36.0 Å². The van der Waals surface area contributed by atoms with E-state index in [-0.39, 0.29) is 5.91 Å². The molecule has 2 aliphatic heterocycles. The zero-order valence-corrected chi connectivity index (χ0v) is 16.4. The minimum Gasteiger partial charge on any atom is -0.493 e. The Morgan fingerprint density at radius 3 is 2.67 bits per heavy atom. The van der Waals surface area contributed by atoms with E-state index in [0.717, 1.165) is 58.0 Å². The van der Waals surface area contributed by atoms with Crippen LogP contribution in [0.1, 0.15) is 43.2 Å². The van der Waals surface area contributed by atoms with E-state index in [1.807, 2.05) is 0 Å². The first kappa shape index (κ1) is 18.8. The Hall–Kier alpha value is -1.59. The molecule has 4 rings (SSSR count). The fourth-order valence-electron chi connectivity index (χ4n) is 4.61. The number of ether oxygens (including phenoxy) is 1. The Balaban J connectivity index is 1.16. The van der Waals surface area contributed by atoms with E-state index < -0.39 is 0 Å². The van der Waals surface area contributed by atoms with Crippen LogP contribution in [-0.4, -0.2) is 61.6 Å². The average molecular weight is 372 g/mol. The lowest BCUT2D eigenvalue weighted by Crippen LogP contribution is -2.49. The molecule has 2 heterocycles. The molecular weight excluding hydrogens is 338 g/mol. The Morgan fingerprint density at radius 2 is 1.85 bits per heavy atom. The van der Waals surface area contributed by atoms with Crippen LogP contribution < -0.4 is 10.1 Å². The van der Waals surface area contributed by atoms with Crippen molar-refractivity contribution >= 4 is 5.91 Å². The van der Waals surface area contributed by atoms with Gasteiger partial charge in [0.25, 0.3) is 0 Å². The minimum absolute atomic E-state index is 0.202. The molecule has 5 nitrogen and oxygen atoms in total. The van der Waals surface area contributed by atoms with Crippen LogP contribution in [0.4, 0.5) is 0 Å². The molecule has 2 fully saturated rings. The number of benzene rings is 1. The molecule has 0 radical (unpaired) electrons. The third-order valence-corrected chi connectivity index (χ3v) is 6.30. The maximum Gasteiger partial charge on any atom is 0.234 e. The Bertz CT molecular complexity index is 634. The number of amides is 1. The molecule has 148 valence electrons. The summed E-state index contributed by atoms with van der Waals surface area (Å²) < 4.78 is 5.59. The summed E-state index contributed by atoms with van der Waals surface area (Å²) in [6, 6.07) is 6.60. The molecule has 27 heavy (non-hydrogen) atoms. The first-order valence-corrected chi connectivity index (χ1v) is 10.7. The fourth-order valence-corrected chi connectivity index (χ4v) is 4.61. The third kappa shape index (κ3) is 5.23. The molecule has 0 bridgehead atoms. The summed E-state index contributed by atoms with van der Waals surface area (Å²) in [6.45, 7) is 7.26. The number of fused-ring (bicyclic) bond motifs is 1. The molecule has 0 unspecified atom stereocenters. The summed E-state index contributed by atoms with van der Waals surface area (Å²) in [5.41, 5.74) is 2.72. The van der Waals surface area contributed by atoms with Gasteiger partial charge in [-0.15, -0.1) is 0 Å². The van der Waals surface area contributed by atoms with Crippen molar-refractivity contribution in [2.24, 2.45) is 5.92 Å². The van der Waals surface area contributed by atoms with E-state index in [1.165, 1.54) is 43.2 Å². The molecule has 1 aromatic carbocycles. The average Bonchev–Trinajstić information content (AvgIpc) is 3.17. The lowest BCUT2D eigenvalue weighted by molar-refractivity contribution is -0.122. The molecule has 0 atom stereocenters. The van der Waals surface area contributed by atoms with E-state index in [4.69, 9.17) is 4.74 Å². The SMILES string of the molecule is O=C(CN1CCN(Cc2ccc3c(c2)CCO3)CC1)NCC1CCCCC1. The first-order valence-electron chi connectivity index (χ1n) is 10.7. The number of hydrogen-bond acceptors (Lipinski definition) is 4. The smallest absolute Gasteiger partial charge is 0.234 e. The second kappa shape index (κ2) is 9.07. The van der Waals surface area contributed by atoms with Crippen molar-refractivity contribution in [1.82, 2.24) is 15.1 Å². The van der Waals surface area contributed by atoms with Crippen LogP contribution in [0.25, 0.3) is 0 Å². The highest BCUT2D eigenvalue weighted by Gasteiger charge is 2.21. The molecule has 0 aromatic heterocycles. The van der Waals surface area contributed by atoms with Gasteiger partial charge in [0, 0.05) is 45.7 Å². The second-order valence-electron chi connectivity index (χ2n) is 8.40. The minimum atomic E-state index is 0.202. The lowest BCUT2D eigenvalue weighted by Gasteiger charge is -2.34. The predicted molar refractivity (Wildman–Crippen MR) is 107 cm³/mol. The summed E-state index contributed by atoms with van der Waals surface area (Å²) >= 11 is 0. The van der Waals surface area contributed by atoms with Crippen molar-refractivity contribution in [3.8, 4) is 5.75 Å². The third-order valence-electron chi connectivity index (χ3n) is 6.30. The van der Waals surface area contributed by atoms with Gasteiger partial charge in [0.15, 0.2) is 0 Å². The standard InChI is InChI=1S/C22H33N3O2/c26-22(23-15-18-4-2-1-3-5-18)17-25-11-9-24(10-12-25)16-19-6-7-21-20(14-19)8-13-27-21/h6-7,14,18H,1-5,8-13,15-17H2,(H,23,26). The van der Waals surface area contributed by atoms with Gasteiger partial charge in [-0.3, -0.25) is 14.6 Å².